The van der Waals surface area contributed by atoms with E-state index in [0.29, 0.717) is 26.2 Å². The second-order valence-electron chi connectivity index (χ2n) is 8.48. The second-order valence-corrected chi connectivity index (χ2v) is 10.4. The minimum atomic E-state index is -3.65. The molecular weight excluding hydrogens is 438 g/mol. The number of carbonyl (C=O) groups excluding carboxylic acids is 2. The maximum Gasteiger partial charge on any atom is 0.410 e. The van der Waals surface area contributed by atoms with E-state index in [1.54, 1.807) is 23.1 Å². The molecule has 1 aliphatic heterocycles. The van der Waals surface area contributed by atoms with Crippen LogP contribution in [0, 0.1) is 0 Å². The van der Waals surface area contributed by atoms with Crippen molar-refractivity contribution in [1.29, 1.82) is 0 Å². The van der Waals surface area contributed by atoms with E-state index in [2.05, 4.69) is 0 Å². The number of carbonyl (C=O) groups is 2. The molecule has 0 aromatic heterocycles. The zero-order chi connectivity index (χ0) is 24.1. The van der Waals surface area contributed by atoms with Gasteiger partial charge in [-0.3, -0.25) is 4.31 Å². The molecule has 2 rings (SSSR count). The highest BCUT2D eigenvalue weighted by molar-refractivity contribution is 7.92. The minimum Gasteiger partial charge on any atom is -0.465 e. The van der Waals surface area contributed by atoms with E-state index < -0.39 is 21.6 Å². The predicted molar refractivity (Wildman–Crippen MR) is 122 cm³/mol. The summed E-state index contributed by atoms with van der Waals surface area (Å²) in [7, 11) is -0.928. The van der Waals surface area contributed by atoms with Crippen LogP contribution in [0.15, 0.2) is 18.2 Å². The van der Waals surface area contributed by atoms with Gasteiger partial charge in [0.2, 0.25) is 10.0 Å². The number of ether oxygens (including phenoxy) is 3. The van der Waals surface area contributed by atoms with Crippen LogP contribution in [0.25, 0.3) is 0 Å². The molecule has 32 heavy (non-hydrogen) atoms. The van der Waals surface area contributed by atoms with Crippen LogP contribution < -0.4 is 9.21 Å². The van der Waals surface area contributed by atoms with Crippen molar-refractivity contribution in [3.63, 3.8) is 0 Å². The topological polar surface area (TPSA) is 106 Å². The van der Waals surface area contributed by atoms with Crippen LogP contribution in [0.4, 0.5) is 16.2 Å². The smallest absolute Gasteiger partial charge is 0.410 e. The first-order chi connectivity index (χ1) is 14.9. The number of hydrogen-bond acceptors (Lipinski definition) is 8. The molecule has 1 amide bonds. The van der Waals surface area contributed by atoms with Crippen molar-refractivity contribution < 1.29 is 32.2 Å². The molecule has 0 saturated carbocycles. The Kier molecular flexibility index (Phi) is 8.35. The molecule has 180 valence electrons. The third-order valence-corrected chi connectivity index (χ3v) is 6.03. The average Bonchev–Trinajstić information content (AvgIpc) is 2.71. The molecule has 10 nitrogen and oxygen atoms in total. The number of rotatable bonds is 7. The maximum absolute atomic E-state index is 12.5. The van der Waals surface area contributed by atoms with Gasteiger partial charge in [0.15, 0.2) is 0 Å². The van der Waals surface area contributed by atoms with Crippen molar-refractivity contribution in [3.8, 4) is 0 Å². The summed E-state index contributed by atoms with van der Waals surface area (Å²) >= 11 is 0. The number of sulfonamides is 1. The molecule has 11 heteroatoms. The molecule has 1 fully saturated rings. The van der Waals surface area contributed by atoms with Gasteiger partial charge in [0.05, 0.1) is 37.8 Å². The lowest BCUT2D eigenvalue weighted by Crippen LogP contribution is -2.50. The summed E-state index contributed by atoms with van der Waals surface area (Å²) in [6, 6.07) is 4.98. The third-order valence-electron chi connectivity index (χ3n) is 4.85. The van der Waals surface area contributed by atoms with Crippen LogP contribution in [0.5, 0.6) is 0 Å². The van der Waals surface area contributed by atoms with Gasteiger partial charge in [-0.2, -0.15) is 0 Å². The molecule has 1 aliphatic rings. The number of nitrogens with zero attached hydrogens (tertiary/aromatic N) is 3. The highest BCUT2D eigenvalue weighted by Gasteiger charge is 2.28. The van der Waals surface area contributed by atoms with Gasteiger partial charge in [-0.15, -0.1) is 0 Å². The fraction of sp³-hybridized carbons (Fsp3) is 0.619. The van der Waals surface area contributed by atoms with Gasteiger partial charge in [0.25, 0.3) is 0 Å². The van der Waals surface area contributed by atoms with Crippen molar-refractivity contribution in [2.24, 2.45) is 0 Å². The van der Waals surface area contributed by atoms with E-state index >= 15 is 0 Å². The SMILES string of the molecule is COCCN(c1ccc(N2CCN(C(=O)OC(C)(C)C)CC2)cc1C(=O)OC)S(C)(=O)=O. The number of piperazine rings is 1. The fourth-order valence-corrected chi connectivity index (χ4v) is 4.25. The zero-order valence-electron chi connectivity index (χ0n) is 19.6. The Morgan fingerprint density at radius 2 is 1.72 bits per heavy atom. The van der Waals surface area contributed by atoms with E-state index in [1.807, 2.05) is 25.7 Å². The van der Waals surface area contributed by atoms with Crippen molar-refractivity contribution in [2.75, 3.05) is 69.0 Å². The Hall–Kier alpha value is -2.53. The van der Waals surface area contributed by atoms with Crippen LogP contribution in [-0.4, -0.2) is 90.8 Å². The summed E-state index contributed by atoms with van der Waals surface area (Å²) in [5.74, 6) is -0.639. The van der Waals surface area contributed by atoms with Crippen LogP contribution in [0.1, 0.15) is 31.1 Å². The van der Waals surface area contributed by atoms with Crippen molar-refractivity contribution in [3.05, 3.63) is 23.8 Å². The summed E-state index contributed by atoms with van der Waals surface area (Å²) in [5.41, 5.74) is 0.542. The Bertz CT molecular complexity index is 920. The van der Waals surface area contributed by atoms with Crippen molar-refractivity contribution in [2.45, 2.75) is 26.4 Å². The van der Waals surface area contributed by atoms with Gasteiger partial charge >= 0.3 is 12.1 Å². The van der Waals surface area contributed by atoms with Crippen LogP contribution in [-0.2, 0) is 24.2 Å². The second kappa shape index (κ2) is 10.4. The number of anilines is 2. The summed E-state index contributed by atoms with van der Waals surface area (Å²) < 4.78 is 41.2. The van der Waals surface area contributed by atoms with Crippen LogP contribution >= 0.6 is 0 Å². The monoisotopic (exact) mass is 471 g/mol. The molecule has 0 unspecified atom stereocenters. The first-order valence-electron chi connectivity index (χ1n) is 10.3. The minimum absolute atomic E-state index is 0.0627. The molecule has 0 bridgehead atoms. The predicted octanol–water partition coefficient (Wildman–Crippen LogP) is 1.94. The maximum atomic E-state index is 12.5. The lowest BCUT2D eigenvalue weighted by Gasteiger charge is -2.37. The number of benzene rings is 1. The fourth-order valence-electron chi connectivity index (χ4n) is 3.32. The largest absolute Gasteiger partial charge is 0.465 e. The van der Waals surface area contributed by atoms with Crippen molar-refractivity contribution in [1.82, 2.24) is 4.90 Å². The van der Waals surface area contributed by atoms with Crippen LogP contribution in [0.2, 0.25) is 0 Å². The molecule has 0 radical (unpaired) electrons. The first kappa shape index (κ1) is 25.7. The van der Waals surface area contributed by atoms with E-state index in [-0.39, 0.29) is 30.5 Å². The number of methoxy groups -OCH3 is 2. The van der Waals surface area contributed by atoms with Gasteiger partial charge in [-0.1, -0.05) is 0 Å². The van der Waals surface area contributed by atoms with Crippen LogP contribution in [0.3, 0.4) is 0 Å². The molecule has 0 aliphatic carbocycles. The molecule has 0 N–H and O–H groups in total. The third kappa shape index (κ3) is 6.73. The van der Waals surface area contributed by atoms with E-state index in [1.165, 1.54) is 14.2 Å². The molecule has 1 heterocycles. The molecular formula is C21H33N3O7S. The normalized spacial score (nSPS) is 14.8. The lowest BCUT2D eigenvalue weighted by molar-refractivity contribution is 0.0240. The van der Waals surface area contributed by atoms with E-state index in [0.717, 1.165) is 16.2 Å². The highest BCUT2D eigenvalue weighted by atomic mass is 32.2. The Morgan fingerprint density at radius 3 is 2.22 bits per heavy atom. The summed E-state index contributed by atoms with van der Waals surface area (Å²) in [5, 5.41) is 0. The van der Waals surface area contributed by atoms with Gasteiger partial charge < -0.3 is 24.0 Å². The number of esters is 1. The zero-order valence-corrected chi connectivity index (χ0v) is 20.4. The van der Waals surface area contributed by atoms with Gasteiger partial charge in [-0.25, -0.2) is 18.0 Å². The lowest BCUT2D eigenvalue weighted by atomic mass is 10.1. The standard InChI is InChI=1S/C21H33N3O7S/c1-21(2,3)31-20(26)23-11-9-22(10-12-23)16-7-8-18(17(15-16)19(25)30-5)24(13-14-29-4)32(6,27)28/h7-8,15H,9-14H2,1-6H3. The summed E-state index contributed by atoms with van der Waals surface area (Å²) in [4.78, 5) is 28.4. The Morgan fingerprint density at radius 1 is 1.09 bits per heavy atom. The number of amides is 1. The van der Waals surface area contributed by atoms with Gasteiger partial charge in [0, 0.05) is 39.0 Å². The molecule has 0 atom stereocenters. The van der Waals surface area contributed by atoms with E-state index in [9.17, 15) is 18.0 Å². The Balaban J connectivity index is 2.26. The molecule has 0 spiro atoms. The summed E-state index contributed by atoms with van der Waals surface area (Å²) in [6.45, 7) is 7.71. The van der Waals surface area contributed by atoms with Gasteiger partial charge in [-0.05, 0) is 39.0 Å². The summed E-state index contributed by atoms with van der Waals surface area (Å²) in [6.07, 6.45) is 0.720. The highest BCUT2D eigenvalue weighted by Crippen LogP contribution is 2.29. The number of hydrogen-bond donors (Lipinski definition) is 0. The molecule has 1 aromatic rings. The molecule has 1 saturated heterocycles. The average molecular weight is 472 g/mol. The quantitative estimate of drug-likeness (QED) is 0.556. The Labute approximate surface area is 190 Å². The van der Waals surface area contributed by atoms with Crippen molar-refractivity contribution >= 4 is 33.5 Å². The first-order valence-corrected chi connectivity index (χ1v) is 12.1. The molecule has 1 aromatic carbocycles. The van der Waals surface area contributed by atoms with Gasteiger partial charge in [0.1, 0.15) is 5.60 Å². The van der Waals surface area contributed by atoms with E-state index in [4.69, 9.17) is 14.2 Å².